The molecule has 3 nitrogen and oxygen atoms in total. The van der Waals surface area contributed by atoms with Crippen LogP contribution < -0.4 is 2.89 Å². The van der Waals surface area contributed by atoms with Crippen molar-refractivity contribution in [2.75, 3.05) is 0 Å². The summed E-state index contributed by atoms with van der Waals surface area (Å²) in [6.07, 6.45) is 16.3. The number of nitriles is 1. The van der Waals surface area contributed by atoms with Crippen molar-refractivity contribution in [2.45, 2.75) is 82.0 Å². The third kappa shape index (κ3) is 4.98. The Hall–Kier alpha value is -0.541. The molecule has 0 spiro atoms. The second-order valence-corrected chi connectivity index (χ2v) is 14.1. The number of hydrogen-bond acceptors (Lipinski definition) is 3. The normalized spacial score (nSPS) is 11.9. The zero-order chi connectivity index (χ0) is 17.4. The quantitative estimate of drug-likeness (QED) is 0.435. The van der Waals surface area contributed by atoms with Crippen LogP contribution >= 0.6 is 11.3 Å². The number of rotatable bonds is 11. The van der Waals surface area contributed by atoms with Crippen molar-refractivity contribution in [2.24, 2.45) is 0 Å². The van der Waals surface area contributed by atoms with Gasteiger partial charge in [0.05, 0.1) is 0 Å². The van der Waals surface area contributed by atoms with E-state index in [9.17, 15) is 5.26 Å². The van der Waals surface area contributed by atoms with E-state index in [1.807, 2.05) is 11.3 Å². The molecule has 5 heteroatoms. The Bertz CT molecular complexity index is 646. The maximum atomic E-state index is 9.21. The summed E-state index contributed by atoms with van der Waals surface area (Å²) in [5.41, 5.74) is 0.590. The molecular weight excluding hydrogens is 421 g/mol. The Morgan fingerprint density at radius 1 is 1.12 bits per heavy atom. The number of nitrogens with zero attached hydrogens (tertiary/aromatic N) is 3. The van der Waals surface area contributed by atoms with Crippen molar-refractivity contribution in [3.8, 4) is 6.07 Å². The number of fused-ring (bicyclic) bond motifs is 1. The van der Waals surface area contributed by atoms with E-state index in [1.165, 1.54) is 57.8 Å². The molecule has 0 aliphatic rings. The number of unbranched alkanes of at least 4 members (excludes halogenated alkanes) is 3. The first-order valence-electron chi connectivity index (χ1n) is 9.32. The van der Waals surface area contributed by atoms with E-state index < -0.39 is 21.1 Å². The van der Waals surface area contributed by atoms with E-state index >= 15 is 0 Å². The Kier molecular flexibility index (Phi) is 8.09. The van der Waals surface area contributed by atoms with Crippen LogP contribution in [0.2, 0.25) is 3.43 Å². The average Bonchev–Trinajstić information content (AvgIpc) is 3.15. The van der Waals surface area contributed by atoms with Crippen LogP contribution in [0.4, 0.5) is 0 Å². The number of hydrogen-bond donors (Lipinski definition) is 0. The molecule has 0 fully saturated rings. The summed E-state index contributed by atoms with van der Waals surface area (Å²) in [6, 6.07) is 2.23. The summed E-state index contributed by atoms with van der Waals surface area (Å²) in [5.74, 6) is 0. The van der Waals surface area contributed by atoms with Gasteiger partial charge in [0.2, 0.25) is 0 Å². The van der Waals surface area contributed by atoms with E-state index in [0.717, 1.165) is 4.83 Å². The fourth-order valence-corrected chi connectivity index (χ4v) is 11.5. The zero-order valence-corrected chi connectivity index (χ0v) is 18.9. The predicted molar refractivity (Wildman–Crippen MR) is 104 cm³/mol. The van der Waals surface area contributed by atoms with Gasteiger partial charge in [0, 0.05) is 0 Å². The molecule has 0 atom stereocenters. The van der Waals surface area contributed by atoms with Crippen molar-refractivity contribution in [3.05, 3.63) is 18.2 Å². The van der Waals surface area contributed by atoms with Crippen molar-refractivity contribution in [1.82, 2.24) is 9.38 Å². The number of imidazole rings is 1. The van der Waals surface area contributed by atoms with Crippen molar-refractivity contribution >= 4 is 40.2 Å². The van der Waals surface area contributed by atoms with Gasteiger partial charge in [-0.15, -0.1) is 0 Å². The molecule has 2 rings (SSSR count). The van der Waals surface area contributed by atoms with Crippen LogP contribution in [-0.4, -0.2) is 30.5 Å². The van der Waals surface area contributed by atoms with Crippen LogP contribution in [0.5, 0.6) is 0 Å². The van der Waals surface area contributed by atoms with Gasteiger partial charge in [0.25, 0.3) is 0 Å². The molecule has 0 aliphatic heterocycles. The SMILES string of the molecule is CCCC[C](CCCC)(CCCC)[Sn][c]1cn2cnc(C#N)c2s1. The molecule has 0 saturated carbocycles. The van der Waals surface area contributed by atoms with E-state index in [0.29, 0.717) is 9.12 Å². The summed E-state index contributed by atoms with van der Waals surface area (Å²) >= 11 is 1.14. The molecule has 130 valence electrons. The van der Waals surface area contributed by atoms with Gasteiger partial charge >= 0.3 is 161 Å². The number of thiazole rings is 1. The first kappa shape index (κ1) is 19.8. The van der Waals surface area contributed by atoms with Crippen molar-refractivity contribution < 1.29 is 0 Å². The summed E-state index contributed by atoms with van der Waals surface area (Å²) in [6.45, 7) is 6.95. The molecule has 2 heterocycles. The molecule has 0 unspecified atom stereocenters. The Morgan fingerprint density at radius 2 is 1.71 bits per heavy atom. The van der Waals surface area contributed by atoms with Crippen LogP contribution in [0, 0.1) is 11.3 Å². The van der Waals surface area contributed by atoms with E-state index in [1.54, 1.807) is 9.22 Å². The van der Waals surface area contributed by atoms with Crippen LogP contribution in [0.3, 0.4) is 0 Å². The van der Waals surface area contributed by atoms with E-state index in [2.05, 4.69) is 42.4 Å². The van der Waals surface area contributed by atoms with E-state index in [-0.39, 0.29) is 0 Å². The van der Waals surface area contributed by atoms with Gasteiger partial charge in [-0.2, -0.15) is 0 Å². The van der Waals surface area contributed by atoms with Gasteiger partial charge in [-0.05, 0) is 0 Å². The summed E-state index contributed by atoms with van der Waals surface area (Å²) in [7, 11) is 0. The van der Waals surface area contributed by atoms with Crippen LogP contribution in [0.1, 0.15) is 84.3 Å². The minimum absolute atomic E-state index is 0.590. The topological polar surface area (TPSA) is 41.1 Å². The fourth-order valence-electron chi connectivity index (χ4n) is 3.30. The summed E-state index contributed by atoms with van der Waals surface area (Å²) < 4.78 is 4.26. The van der Waals surface area contributed by atoms with Crippen molar-refractivity contribution in [1.29, 1.82) is 5.26 Å². The third-order valence-corrected chi connectivity index (χ3v) is 11.9. The molecule has 0 aromatic carbocycles. The monoisotopic (exact) mass is 451 g/mol. The summed E-state index contributed by atoms with van der Waals surface area (Å²) in [4.78, 5) is 5.24. The molecule has 24 heavy (non-hydrogen) atoms. The predicted octanol–water partition coefficient (Wildman–Crippen LogP) is 5.33. The Balaban J connectivity index is 2.25. The van der Waals surface area contributed by atoms with E-state index in [4.69, 9.17) is 0 Å². The first-order valence-corrected chi connectivity index (χ1v) is 13.0. The molecular formula is C19H29N3SSn. The van der Waals surface area contributed by atoms with Gasteiger partial charge < -0.3 is 0 Å². The van der Waals surface area contributed by atoms with Gasteiger partial charge in [-0.3, -0.25) is 0 Å². The Morgan fingerprint density at radius 3 is 2.21 bits per heavy atom. The molecule has 2 aromatic heterocycles. The van der Waals surface area contributed by atoms with Gasteiger partial charge in [0.1, 0.15) is 0 Å². The second kappa shape index (κ2) is 9.82. The molecule has 0 bridgehead atoms. The molecule has 2 radical (unpaired) electrons. The molecule has 0 aliphatic carbocycles. The molecule has 0 saturated heterocycles. The zero-order valence-electron chi connectivity index (χ0n) is 15.3. The maximum absolute atomic E-state index is 9.21. The second-order valence-electron chi connectivity index (χ2n) is 6.73. The van der Waals surface area contributed by atoms with Crippen LogP contribution in [0.15, 0.2) is 12.5 Å². The van der Waals surface area contributed by atoms with Crippen molar-refractivity contribution in [3.63, 3.8) is 0 Å². The summed E-state index contributed by atoms with van der Waals surface area (Å²) in [5, 5.41) is 9.21. The van der Waals surface area contributed by atoms with Crippen LogP contribution in [0.25, 0.3) is 4.83 Å². The Labute approximate surface area is 160 Å². The third-order valence-electron chi connectivity index (χ3n) is 4.73. The molecule has 2 aromatic rings. The van der Waals surface area contributed by atoms with Gasteiger partial charge in [-0.1, -0.05) is 0 Å². The van der Waals surface area contributed by atoms with Crippen LogP contribution in [-0.2, 0) is 0 Å². The first-order chi connectivity index (χ1) is 11.7. The van der Waals surface area contributed by atoms with Gasteiger partial charge in [-0.25, -0.2) is 0 Å². The fraction of sp³-hybridized carbons (Fsp3) is 0.684. The van der Waals surface area contributed by atoms with Gasteiger partial charge in [0.15, 0.2) is 0 Å². The number of aromatic nitrogens is 2. The molecule has 0 amide bonds. The average molecular weight is 450 g/mol. The minimum atomic E-state index is -0.698. The standard InChI is InChI=1S/C13H27.C6H2N3S.Sn/c1-4-7-10-13(11-8-5-2)12-9-6-3;7-3-5-6-9(4-8-5)1-2-10-6;/h4-12H2,1-3H3;1,4H;. The molecule has 0 N–H and O–H groups in total.